The first-order valence-corrected chi connectivity index (χ1v) is 8.92. The predicted octanol–water partition coefficient (Wildman–Crippen LogP) is 3.57. The molecule has 1 amide bonds. The van der Waals surface area contributed by atoms with Crippen LogP contribution in [0.4, 0.5) is 13.2 Å². The van der Waals surface area contributed by atoms with Crippen molar-refractivity contribution in [1.82, 2.24) is 4.90 Å². The number of nitriles is 1. The molecule has 0 spiro atoms. The monoisotopic (exact) mass is 402 g/mol. The second-order valence-electron chi connectivity index (χ2n) is 6.70. The highest BCUT2D eigenvalue weighted by atomic mass is 19.3. The van der Waals surface area contributed by atoms with Crippen LogP contribution in [0.1, 0.15) is 27.9 Å². The Labute approximate surface area is 165 Å². The molecular formula is C21H17F3N2O3. The first-order chi connectivity index (χ1) is 13.9. The van der Waals surface area contributed by atoms with Crippen molar-refractivity contribution in [3.05, 3.63) is 65.0 Å². The maximum Gasteiger partial charge on any atom is 0.387 e. The number of likely N-dealkylation sites (tertiary alicyclic amines) is 1. The van der Waals surface area contributed by atoms with E-state index in [-0.39, 0.29) is 41.5 Å². The molecule has 29 heavy (non-hydrogen) atoms. The van der Waals surface area contributed by atoms with Gasteiger partial charge in [-0.3, -0.25) is 9.59 Å². The second kappa shape index (κ2) is 8.78. The molecule has 1 fully saturated rings. The average molecular weight is 402 g/mol. The number of nitrogens with zero attached hydrogens (tertiary/aromatic N) is 2. The summed E-state index contributed by atoms with van der Waals surface area (Å²) in [5.41, 5.74) is 0.714. The van der Waals surface area contributed by atoms with Gasteiger partial charge in [0, 0.05) is 25.4 Å². The molecule has 5 nitrogen and oxygen atoms in total. The summed E-state index contributed by atoms with van der Waals surface area (Å²) in [6.45, 7) is -2.40. The molecule has 0 N–H and O–H groups in total. The van der Waals surface area contributed by atoms with Crippen molar-refractivity contribution < 1.29 is 27.5 Å². The van der Waals surface area contributed by atoms with Crippen LogP contribution in [-0.4, -0.2) is 36.3 Å². The number of hydrogen-bond acceptors (Lipinski definition) is 4. The highest BCUT2D eigenvalue weighted by Crippen LogP contribution is 2.23. The molecule has 2 aromatic rings. The maximum absolute atomic E-state index is 13.5. The number of amides is 1. The fraction of sp³-hybridized carbons (Fsp3) is 0.286. The van der Waals surface area contributed by atoms with Gasteiger partial charge >= 0.3 is 6.61 Å². The molecule has 1 heterocycles. The van der Waals surface area contributed by atoms with E-state index in [1.807, 2.05) is 6.07 Å². The molecule has 0 radical (unpaired) electrons. The molecule has 0 bridgehead atoms. The molecule has 0 aromatic heterocycles. The summed E-state index contributed by atoms with van der Waals surface area (Å²) in [6.07, 6.45) is 0.569. The van der Waals surface area contributed by atoms with Gasteiger partial charge in [-0.05, 0) is 42.3 Å². The first-order valence-electron chi connectivity index (χ1n) is 8.92. The van der Waals surface area contributed by atoms with Crippen molar-refractivity contribution in [3.8, 4) is 11.8 Å². The zero-order valence-corrected chi connectivity index (χ0v) is 15.3. The van der Waals surface area contributed by atoms with Gasteiger partial charge in [0.2, 0.25) is 0 Å². The van der Waals surface area contributed by atoms with E-state index in [4.69, 9.17) is 5.26 Å². The minimum atomic E-state index is -2.91. The minimum Gasteiger partial charge on any atom is -0.435 e. The lowest BCUT2D eigenvalue weighted by Crippen LogP contribution is -2.31. The van der Waals surface area contributed by atoms with Crippen molar-refractivity contribution >= 4 is 11.7 Å². The van der Waals surface area contributed by atoms with Crippen molar-refractivity contribution in [2.24, 2.45) is 5.92 Å². The van der Waals surface area contributed by atoms with Crippen LogP contribution in [-0.2, 0) is 11.2 Å². The number of halogens is 3. The van der Waals surface area contributed by atoms with Crippen molar-refractivity contribution in [1.29, 1.82) is 5.26 Å². The third kappa shape index (κ3) is 4.93. The summed E-state index contributed by atoms with van der Waals surface area (Å²) in [7, 11) is 0. The third-order valence-corrected chi connectivity index (χ3v) is 4.79. The molecule has 150 valence electrons. The van der Waals surface area contributed by atoms with Gasteiger partial charge in [0.1, 0.15) is 17.3 Å². The molecule has 0 unspecified atom stereocenters. The van der Waals surface area contributed by atoms with E-state index < -0.39 is 18.3 Å². The van der Waals surface area contributed by atoms with Gasteiger partial charge in [0.15, 0.2) is 0 Å². The zero-order chi connectivity index (χ0) is 21.0. The van der Waals surface area contributed by atoms with Crippen LogP contribution in [0.3, 0.4) is 0 Å². The lowest BCUT2D eigenvalue weighted by atomic mass is 9.97. The normalized spacial score (nSPS) is 16.0. The van der Waals surface area contributed by atoms with Gasteiger partial charge < -0.3 is 9.64 Å². The van der Waals surface area contributed by atoms with Crippen LogP contribution < -0.4 is 4.74 Å². The molecule has 0 saturated carbocycles. The van der Waals surface area contributed by atoms with Crippen LogP contribution in [0, 0.1) is 23.1 Å². The Morgan fingerprint density at radius 2 is 1.93 bits per heavy atom. The Bertz CT molecular complexity index is 955. The number of ether oxygens (including phenoxy) is 1. The van der Waals surface area contributed by atoms with Gasteiger partial charge in [-0.15, -0.1) is 0 Å². The van der Waals surface area contributed by atoms with E-state index in [0.29, 0.717) is 18.5 Å². The maximum atomic E-state index is 13.5. The Hall–Kier alpha value is -3.34. The molecule has 3 rings (SSSR count). The number of carbonyl (C=O) groups is 2. The topological polar surface area (TPSA) is 70.4 Å². The van der Waals surface area contributed by atoms with Crippen molar-refractivity contribution in [2.45, 2.75) is 19.5 Å². The van der Waals surface area contributed by atoms with E-state index in [0.717, 1.165) is 12.1 Å². The Morgan fingerprint density at radius 3 is 2.59 bits per heavy atom. The zero-order valence-electron chi connectivity index (χ0n) is 15.3. The molecule has 8 heteroatoms. The number of carbonyl (C=O) groups excluding carboxylic acids is 2. The van der Waals surface area contributed by atoms with Crippen LogP contribution in [0.15, 0.2) is 42.5 Å². The fourth-order valence-electron chi connectivity index (χ4n) is 3.30. The minimum absolute atomic E-state index is 0.0113. The van der Waals surface area contributed by atoms with E-state index >= 15 is 0 Å². The molecular weight excluding hydrogens is 385 g/mol. The number of benzene rings is 2. The lowest BCUT2D eigenvalue weighted by molar-refractivity contribution is -0.121. The highest BCUT2D eigenvalue weighted by molar-refractivity contribution is 5.97. The number of rotatable bonds is 6. The van der Waals surface area contributed by atoms with Gasteiger partial charge in [-0.2, -0.15) is 14.0 Å². The third-order valence-electron chi connectivity index (χ3n) is 4.79. The standard InChI is InChI=1S/C21H17F3N2O3/c22-16-4-3-14(11-25)18(10-16)20(28)26-8-7-15(12-26)19(27)9-13-1-5-17(6-2-13)29-21(23)24/h1-6,10,15,21H,7-9,12H2/t15-/m0/s1. The summed E-state index contributed by atoms with van der Waals surface area (Å²) < 4.78 is 42.1. The summed E-state index contributed by atoms with van der Waals surface area (Å²) in [6, 6.07) is 11.1. The average Bonchev–Trinajstić information content (AvgIpc) is 3.19. The highest BCUT2D eigenvalue weighted by Gasteiger charge is 2.32. The number of hydrogen-bond donors (Lipinski definition) is 0. The second-order valence-corrected chi connectivity index (χ2v) is 6.70. The summed E-state index contributed by atoms with van der Waals surface area (Å²) in [4.78, 5) is 26.7. The van der Waals surface area contributed by atoms with Crippen LogP contribution in [0.2, 0.25) is 0 Å². The molecule has 1 aliphatic heterocycles. The largest absolute Gasteiger partial charge is 0.435 e. The Balaban J connectivity index is 1.62. The summed E-state index contributed by atoms with van der Waals surface area (Å²) in [5, 5.41) is 9.13. The number of ketones is 1. The van der Waals surface area contributed by atoms with E-state index in [2.05, 4.69) is 4.74 Å². The molecule has 1 saturated heterocycles. The van der Waals surface area contributed by atoms with E-state index in [1.54, 1.807) is 12.1 Å². The number of alkyl halides is 2. The van der Waals surface area contributed by atoms with Crippen LogP contribution in [0.5, 0.6) is 5.75 Å². The van der Waals surface area contributed by atoms with Gasteiger partial charge in [-0.1, -0.05) is 12.1 Å². The molecule has 1 aliphatic rings. The van der Waals surface area contributed by atoms with Gasteiger partial charge in [0.05, 0.1) is 17.2 Å². The Morgan fingerprint density at radius 1 is 1.21 bits per heavy atom. The molecule has 1 atom stereocenters. The Kier molecular flexibility index (Phi) is 6.17. The first kappa shape index (κ1) is 20.4. The lowest BCUT2D eigenvalue weighted by Gasteiger charge is -2.17. The van der Waals surface area contributed by atoms with Crippen LogP contribution >= 0.6 is 0 Å². The quantitative estimate of drug-likeness (QED) is 0.741. The molecule has 2 aromatic carbocycles. The van der Waals surface area contributed by atoms with E-state index in [9.17, 15) is 22.8 Å². The van der Waals surface area contributed by atoms with Crippen molar-refractivity contribution in [2.75, 3.05) is 13.1 Å². The number of Topliss-reactive ketones (excluding diaryl/α,β-unsaturated/α-hetero) is 1. The summed E-state index contributed by atoms with van der Waals surface area (Å²) >= 11 is 0. The van der Waals surface area contributed by atoms with E-state index in [1.165, 1.54) is 23.1 Å². The predicted molar refractivity (Wildman–Crippen MR) is 96.9 cm³/mol. The van der Waals surface area contributed by atoms with Gasteiger partial charge in [-0.25, -0.2) is 4.39 Å². The fourth-order valence-corrected chi connectivity index (χ4v) is 3.30. The van der Waals surface area contributed by atoms with Crippen molar-refractivity contribution in [3.63, 3.8) is 0 Å². The van der Waals surface area contributed by atoms with Crippen LogP contribution in [0.25, 0.3) is 0 Å². The van der Waals surface area contributed by atoms with Gasteiger partial charge in [0.25, 0.3) is 5.91 Å². The summed E-state index contributed by atoms with van der Waals surface area (Å²) in [5.74, 6) is -1.54. The molecule has 0 aliphatic carbocycles. The smallest absolute Gasteiger partial charge is 0.387 e. The SMILES string of the molecule is N#Cc1ccc(F)cc1C(=O)N1CC[C@H](C(=O)Cc2ccc(OC(F)F)cc2)C1.